The molecule has 2 heteroatoms. The summed E-state index contributed by atoms with van der Waals surface area (Å²) in [5, 5.41) is 7.60. The van der Waals surface area contributed by atoms with E-state index in [0.717, 1.165) is 17.8 Å². The molecule has 218 valence electrons. The van der Waals surface area contributed by atoms with Crippen molar-refractivity contribution in [2.24, 2.45) is 5.10 Å². The van der Waals surface area contributed by atoms with E-state index in [1.165, 1.54) is 33.4 Å². The monoisotopic (exact) mass is 548 g/mol. The van der Waals surface area contributed by atoms with E-state index in [0.29, 0.717) is 0 Å². The van der Waals surface area contributed by atoms with Crippen molar-refractivity contribution in [1.82, 2.24) is 0 Å². The lowest BCUT2D eigenvalue weighted by atomic mass is 9.73. The van der Waals surface area contributed by atoms with Gasteiger partial charge >= 0.3 is 0 Å². The van der Waals surface area contributed by atoms with Crippen molar-refractivity contribution < 1.29 is 0 Å². The zero-order valence-electron chi connectivity index (χ0n) is 27.7. The van der Waals surface area contributed by atoms with E-state index in [2.05, 4.69) is 167 Å². The fraction of sp³-hybridized carbons (Fsp3) is 0.462. The van der Waals surface area contributed by atoms with Gasteiger partial charge in [-0.05, 0) is 73.2 Å². The van der Waals surface area contributed by atoms with Crippen LogP contribution < -0.4 is 5.01 Å². The molecule has 1 aliphatic rings. The summed E-state index contributed by atoms with van der Waals surface area (Å²) in [5.41, 5.74) is 10.7. The molecule has 0 fully saturated rings. The largest absolute Gasteiger partial charge is 0.257 e. The molecule has 0 aliphatic carbocycles. The van der Waals surface area contributed by atoms with Gasteiger partial charge in [0.05, 0.1) is 17.4 Å². The zero-order chi connectivity index (χ0) is 30.4. The molecule has 41 heavy (non-hydrogen) atoms. The highest BCUT2D eigenvalue weighted by atomic mass is 15.5. The Hall–Kier alpha value is -3.13. The van der Waals surface area contributed by atoms with Gasteiger partial charge in [0, 0.05) is 6.42 Å². The molecule has 0 saturated carbocycles. The quantitative estimate of drug-likeness (QED) is 0.316. The van der Waals surface area contributed by atoms with Crippen molar-refractivity contribution in [2.75, 3.05) is 5.01 Å². The number of nitrogens with zero attached hydrogens (tertiary/aromatic N) is 2. The van der Waals surface area contributed by atoms with Gasteiger partial charge in [0.2, 0.25) is 0 Å². The van der Waals surface area contributed by atoms with Crippen LogP contribution in [0.25, 0.3) is 6.08 Å². The average Bonchev–Trinajstić information content (AvgIpc) is 3.29. The Bertz CT molecular complexity index is 1360. The molecule has 0 aromatic heterocycles. The van der Waals surface area contributed by atoms with E-state index >= 15 is 0 Å². The maximum Gasteiger partial charge on any atom is 0.0837 e. The second-order valence-electron chi connectivity index (χ2n) is 15.9. The lowest BCUT2D eigenvalue weighted by Crippen LogP contribution is -2.28. The fourth-order valence-corrected chi connectivity index (χ4v) is 6.14. The van der Waals surface area contributed by atoms with Crippen molar-refractivity contribution in [3.05, 3.63) is 106 Å². The topological polar surface area (TPSA) is 15.6 Å². The van der Waals surface area contributed by atoms with E-state index in [-0.39, 0.29) is 27.7 Å². The third-order valence-corrected chi connectivity index (χ3v) is 8.17. The molecule has 0 amide bonds. The maximum absolute atomic E-state index is 5.32. The number of hydrazone groups is 1. The lowest BCUT2D eigenvalue weighted by Gasteiger charge is -2.35. The first kappa shape index (κ1) is 30.8. The molecule has 3 aromatic carbocycles. The minimum absolute atomic E-state index is 0.0187. The summed E-state index contributed by atoms with van der Waals surface area (Å²) in [6.45, 7) is 27.9. The highest BCUT2D eigenvalue weighted by molar-refractivity contribution is 6.01. The summed E-state index contributed by atoms with van der Waals surface area (Å²) >= 11 is 0. The van der Waals surface area contributed by atoms with Gasteiger partial charge in [-0.15, -0.1) is 0 Å². The number of anilines is 1. The van der Waals surface area contributed by atoms with E-state index in [4.69, 9.17) is 5.10 Å². The van der Waals surface area contributed by atoms with Crippen LogP contribution in [0.1, 0.15) is 129 Å². The Morgan fingerprint density at radius 2 is 1.00 bits per heavy atom. The van der Waals surface area contributed by atoms with Crippen LogP contribution in [0.2, 0.25) is 0 Å². The van der Waals surface area contributed by atoms with Gasteiger partial charge in [0.25, 0.3) is 0 Å². The Kier molecular flexibility index (Phi) is 8.22. The summed E-state index contributed by atoms with van der Waals surface area (Å²) in [6.07, 6.45) is 5.49. The molecular formula is C39H52N2. The van der Waals surface area contributed by atoms with Gasteiger partial charge in [0.1, 0.15) is 0 Å². The third-order valence-electron chi connectivity index (χ3n) is 8.17. The second kappa shape index (κ2) is 10.9. The molecule has 2 nitrogen and oxygen atoms in total. The zero-order valence-corrected chi connectivity index (χ0v) is 27.7. The highest BCUT2D eigenvalue weighted by Crippen LogP contribution is 2.45. The Morgan fingerprint density at radius 3 is 1.44 bits per heavy atom. The van der Waals surface area contributed by atoms with Crippen molar-refractivity contribution in [1.29, 1.82) is 0 Å². The van der Waals surface area contributed by atoms with Crippen LogP contribution in [0.15, 0.2) is 77.9 Å². The van der Waals surface area contributed by atoms with E-state index in [1.807, 2.05) is 0 Å². The molecule has 1 unspecified atom stereocenters. The number of rotatable bonds is 4. The number of hydrogen-bond donors (Lipinski definition) is 0. The summed E-state index contributed by atoms with van der Waals surface area (Å²) in [7, 11) is 0. The molecule has 0 radical (unpaired) electrons. The van der Waals surface area contributed by atoms with Crippen LogP contribution in [0.5, 0.6) is 0 Å². The molecule has 0 spiro atoms. The third kappa shape index (κ3) is 6.69. The van der Waals surface area contributed by atoms with Gasteiger partial charge in [-0.1, -0.05) is 144 Å². The predicted octanol–water partition coefficient (Wildman–Crippen LogP) is 10.9. The van der Waals surface area contributed by atoms with E-state index in [1.54, 1.807) is 0 Å². The molecule has 0 bridgehead atoms. The SMILES string of the molecule is CC(C)(C)c1cccc(C(C)(C)C)c1C=CC1=NN(c2ccccc2)C(c2c(C(C)(C)C)cccc2C(C)(C)C)C1. The molecule has 1 heterocycles. The molecule has 3 aromatic rings. The Morgan fingerprint density at radius 1 is 0.561 bits per heavy atom. The smallest absolute Gasteiger partial charge is 0.0837 e. The van der Waals surface area contributed by atoms with Crippen LogP contribution >= 0.6 is 0 Å². The maximum atomic E-state index is 5.32. The average molecular weight is 549 g/mol. The van der Waals surface area contributed by atoms with E-state index in [9.17, 15) is 0 Å². The minimum atomic E-state index is 0.0187. The van der Waals surface area contributed by atoms with Gasteiger partial charge in [-0.2, -0.15) is 5.10 Å². The molecular weight excluding hydrogens is 496 g/mol. The number of hydrogen-bond acceptors (Lipinski definition) is 2. The standard InChI is InChI=1S/C39H52N2/c1-36(2,3)30-20-16-21-31(37(4,5)6)29(30)25-24-27-26-34(41(40-27)28-18-14-13-15-19-28)35-32(38(7,8)9)22-17-23-33(35)39(10,11)12/h13-25,34H,26H2,1-12H3. The van der Waals surface area contributed by atoms with Crippen LogP contribution in [-0.2, 0) is 21.7 Å². The summed E-state index contributed by atoms with van der Waals surface area (Å²) < 4.78 is 0. The lowest BCUT2D eigenvalue weighted by molar-refractivity contribution is 0.536. The number of para-hydroxylation sites is 1. The minimum Gasteiger partial charge on any atom is -0.257 e. The number of benzene rings is 3. The first-order chi connectivity index (χ1) is 18.9. The second-order valence-corrected chi connectivity index (χ2v) is 15.9. The fourth-order valence-electron chi connectivity index (χ4n) is 6.14. The molecule has 1 atom stereocenters. The highest BCUT2D eigenvalue weighted by Gasteiger charge is 2.36. The predicted molar refractivity (Wildman–Crippen MR) is 180 cm³/mol. The van der Waals surface area contributed by atoms with Crippen molar-refractivity contribution in [3.8, 4) is 0 Å². The van der Waals surface area contributed by atoms with Crippen LogP contribution in [0, 0.1) is 0 Å². The summed E-state index contributed by atoms with van der Waals surface area (Å²) in [5.74, 6) is 0. The van der Waals surface area contributed by atoms with Crippen molar-refractivity contribution in [2.45, 2.75) is 117 Å². The number of allylic oxidation sites excluding steroid dienone is 1. The van der Waals surface area contributed by atoms with Crippen molar-refractivity contribution >= 4 is 17.5 Å². The van der Waals surface area contributed by atoms with Gasteiger partial charge in [-0.25, -0.2) is 0 Å². The normalized spacial score (nSPS) is 16.9. The van der Waals surface area contributed by atoms with Gasteiger partial charge in [-0.3, -0.25) is 5.01 Å². The summed E-state index contributed by atoms with van der Waals surface area (Å²) in [4.78, 5) is 0. The summed E-state index contributed by atoms with van der Waals surface area (Å²) in [6, 6.07) is 24.5. The van der Waals surface area contributed by atoms with Crippen LogP contribution in [0.4, 0.5) is 5.69 Å². The molecule has 4 rings (SSSR count). The molecule has 1 aliphatic heterocycles. The Labute approximate surface area is 250 Å². The molecule has 0 N–H and O–H groups in total. The molecule has 0 saturated heterocycles. The van der Waals surface area contributed by atoms with Gasteiger partial charge < -0.3 is 0 Å². The van der Waals surface area contributed by atoms with E-state index < -0.39 is 0 Å². The first-order valence-electron chi connectivity index (χ1n) is 15.3. The first-order valence-corrected chi connectivity index (χ1v) is 15.3. The Balaban J connectivity index is 1.89. The van der Waals surface area contributed by atoms with Crippen molar-refractivity contribution in [3.63, 3.8) is 0 Å². The van der Waals surface area contributed by atoms with Crippen LogP contribution in [0.3, 0.4) is 0 Å². The van der Waals surface area contributed by atoms with Gasteiger partial charge in [0.15, 0.2) is 0 Å². The van der Waals surface area contributed by atoms with Crippen LogP contribution in [-0.4, -0.2) is 5.71 Å².